The predicted molar refractivity (Wildman–Crippen MR) is 92.3 cm³/mol. The van der Waals surface area contributed by atoms with Crippen molar-refractivity contribution < 1.29 is 0 Å². The second-order valence-electron chi connectivity index (χ2n) is 4.42. The number of nitrogens with zero attached hydrogens (tertiary/aromatic N) is 3. The van der Waals surface area contributed by atoms with Gasteiger partial charge < -0.3 is 16.8 Å². The van der Waals surface area contributed by atoms with Crippen molar-refractivity contribution >= 4 is 45.6 Å². The molecule has 22 heavy (non-hydrogen) atoms. The van der Waals surface area contributed by atoms with Crippen LogP contribution in [0.4, 0.5) is 22.5 Å². The Morgan fingerprint density at radius 3 is 2.50 bits per heavy atom. The molecule has 0 atom stereocenters. The molecule has 2 heterocycles. The second-order valence-corrected chi connectivity index (χ2v) is 6.22. The highest BCUT2D eigenvalue weighted by atomic mass is 32.2. The topological polar surface area (TPSA) is 103 Å². The zero-order valence-corrected chi connectivity index (χ0v) is 13.2. The van der Waals surface area contributed by atoms with Crippen LogP contribution in [-0.4, -0.2) is 15.0 Å². The predicted octanol–water partition coefficient (Wildman–Crippen LogP) is 3.13. The largest absolute Gasteiger partial charge is 0.383 e. The summed E-state index contributed by atoms with van der Waals surface area (Å²) in [5.41, 5.74) is 13.3. The molecule has 0 bridgehead atoms. The van der Waals surface area contributed by atoms with Gasteiger partial charge in [-0.25, -0.2) is 15.0 Å². The van der Waals surface area contributed by atoms with E-state index in [-0.39, 0.29) is 0 Å². The van der Waals surface area contributed by atoms with Gasteiger partial charge in [0.25, 0.3) is 0 Å². The van der Waals surface area contributed by atoms with Crippen molar-refractivity contribution in [1.29, 1.82) is 0 Å². The van der Waals surface area contributed by atoms with E-state index in [9.17, 15) is 0 Å². The van der Waals surface area contributed by atoms with Crippen molar-refractivity contribution in [3.8, 4) is 0 Å². The molecule has 0 spiro atoms. The molecule has 0 saturated carbocycles. The summed E-state index contributed by atoms with van der Waals surface area (Å²) in [4.78, 5) is 12.8. The van der Waals surface area contributed by atoms with Crippen molar-refractivity contribution in [2.45, 2.75) is 10.9 Å². The Hall–Kier alpha value is -2.32. The number of nitrogens with one attached hydrogen (secondary N) is 1. The maximum Gasteiger partial charge on any atom is 0.191 e. The average molecular weight is 330 g/mol. The molecule has 1 aromatic carbocycles. The van der Waals surface area contributed by atoms with Crippen LogP contribution in [0.25, 0.3) is 0 Å². The summed E-state index contributed by atoms with van der Waals surface area (Å²) in [5, 5.41) is 6.69. The molecule has 112 valence electrons. The van der Waals surface area contributed by atoms with E-state index in [4.69, 9.17) is 11.5 Å². The fourth-order valence-corrected chi connectivity index (χ4v) is 3.34. The van der Waals surface area contributed by atoms with Crippen LogP contribution in [0.3, 0.4) is 0 Å². The van der Waals surface area contributed by atoms with Crippen LogP contribution in [0, 0.1) is 0 Å². The number of thioether (sulfide) groups is 1. The van der Waals surface area contributed by atoms with Crippen LogP contribution >= 0.6 is 23.1 Å². The third-order valence-corrected chi connectivity index (χ3v) is 4.36. The van der Waals surface area contributed by atoms with E-state index in [0.29, 0.717) is 22.5 Å². The van der Waals surface area contributed by atoms with Gasteiger partial charge in [0.2, 0.25) is 0 Å². The van der Waals surface area contributed by atoms with Gasteiger partial charge in [0, 0.05) is 22.9 Å². The number of nitrogens with two attached hydrogens (primary N) is 2. The van der Waals surface area contributed by atoms with E-state index >= 15 is 0 Å². The SMILES string of the molecule is Nc1cc(N)nc(SCc2csc(Nc3ccccc3)n2)n1. The van der Waals surface area contributed by atoms with Gasteiger partial charge in [-0.05, 0) is 12.1 Å². The fraction of sp³-hybridized carbons (Fsp3) is 0.0714. The summed E-state index contributed by atoms with van der Waals surface area (Å²) in [6.45, 7) is 0. The number of anilines is 4. The zero-order chi connectivity index (χ0) is 15.4. The summed E-state index contributed by atoms with van der Waals surface area (Å²) in [6, 6.07) is 11.5. The summed E-state index contributed by atoms with van der Waals surface area (Å²) in [6.07, 6.45) is 0. The number of para-hydroxylation sites is 1. The molecule has 3 aromatic rings. The monoisotopic (exact) mass is 330 g/mol. The second kappa shape index (κ2) is 6.63. The number of hydrogen-bond donors (Lipinski definition) is 3. The molecule has 5 N–H and O–H groups in total. The van der Waals surface area contributed by atoms with Gasteiger partial charge in [-0.15, -0.1) is 11.3 Å². The Labute approximate surface area is 136 Å². The van der Waals surface area contributed by atoms with Gasteiger partial charge in [0.05, 0.1) is 5.69 Å². The van der Waals surface area contributed by atoms with Gasteiger partial charge in [-0.1, -0.05) is 30.0 Å². The molecule has 3 rings (SSSR count). The molecule has 8 heteroatoms. The molecule has 0 fully saturated rings. The number of nitrogen functional groups attached to an aromatic ring is 2. The first-order valence-corrected chi connectivity index (χ1v) is 8.35. The van der Waals surface area contributed by atoms with Crippen LogP contribution in [0.5, 0.6) is 0 Å². The van der Waals surface area contributed by atoms with Crippen LogP contribution in [-0.2, 0) is 5.75 Å². The molecule has 0 aliphatic rings. The van der Waals surface area contributed by atoms with Gasteiger partial charge in [-0.3, -0.25) is 0 Å². The fourth-order valence-electron chi connectivity index (χ4n) is 1.74. The highest BCUT2D eigenvalue weighted by molar-refractivity contribution is 7.98. The normalized spacial score (nSPS) is 10.5. The maximum atomic E-state index is 5.65. The summed E-state index contributed by atoms with van der Waals surface area (Å²) < 4.78 is 0. The molecule has 0 aliphatic carbocycles. The molecular formula is C14H14N6S2. The Balaban J connectivity index is 1.62. The molecule has 6 nitrogen and oxygen atoms in total. The van der Waals surface area contributed by atoms with Gasteiger partial charge in [0.1, 0.15) is 11.6 Å². The number of hydrogen-bond acceptors (Lipinski definition) is 8. The number of benzene rings is 1. The summed E-state index contributed by atoms with van der Waals surface area (Å²) in [5.74, 6) is 1.41. The number of thiazole rings is 1. The standard InChI is InChI=1S/C14H14N6S2/c15-11-6-12(16)20-14(19-11)22-8-10-7-21-13(18-10)17-9-4-2-1-3-5-9/h1-7H,8H2,(H,17,18)(H4,15,16,19,20). The van der Waals surface area contributed by atoms with Crippen molar-refractivity contribution in [2.75, 3.05) is 16.8 Å². The first kappa shape index (κ1) is 14.6. The van der Waals surface area contributed by atoms with E-state index in [1.54, 1.807) is 11.3 Å². The van der Waals surface area contributed by atoms with Crippen LogP contribution in [0.15, 0.2) is 46.9 Å². The van der Waals surface area contributed by atoms with E-state index in [0.717, 1.165) is 16.5 Å². The third kappa shape index (κ3) is 3.86. The van der Waals surface area contributed by atoms with E-state index in [1.165, 1.54) is 17.8 Å². The van der Waals surface area contributed by atoms with Gasteiger partial charge in [-0.2, -0.15) is 0 Å². The van der Waals surface area contributed by atoms with Crippen molar-refractivity contribution in [1.82, 2.24) is 15.0 Å². The Kier molecular flexibility index (Phi) is 4.40. The lowest BCUT2D eigenvalue weighted by atomic mass is 10.3. The van der Waals surface area contributed by atoms with Crippen LogP contribution in [0.1, 0.15) is 5.69 Å². The smallest absolute Gasteiger partial charge is 0.191 e. The van der Waals surface area contributed by atoms with E-state index < -0.39 is 0 Å². The van der Waals surface area contributed by atoms with Gasteiger partial charge >= 0.3 is 0 Å². The first-order chi connectivity index (χ1) is 10.7. The van der Waals surface area contributed by atoms with Crippen molar-refractivity contribution in [3.05, 3.63) is 47.5 Å². The first-order valence-electron chi connectivity index (χ1n) is 6.48. The lowest BCUT2D eigenvalue weighted by molar-refractivity contribution is 0.982. The molecule has 0 unspecified atom stereocenters. The Bertz CT molecular complexity index is 739. The Morgan fingerprint density at radius 2 is 1.77 bits per heavy atom. The van der Waals surface area contributed by atoms with E-state index in [2.05, 4.69) is 20.3 Å². The van der Waals surface area contributed by atoms with Gasteiger partial charge in [0.15, 0.2) is 10.3 Å². The van der Waals surface area contributed by atoms with E-state index in [1.807, 2.05) is 35.7 Å². The molecule has 0 radical (unpaired) electrons. The van der Waals surface area contributed by atoms with Crippen molar-refractivity contribution in [3.63, 3.8) is 0 Å². The van der Waals surface area contributed by atoms with Crippen LogP contribution < -0.4 is 16.8 Å². The minimum Gasteiger partial charge on any atom is -0.383 e. The molecule has 2 aromatic heterocycles. The highest BCUT2D eigenvalue weighted by Crippen LogP contribution is 2.25. The molecular weight excluding hydrogens is 316 g/mol. The van der Waals surface area contributed by atoms with Crippen molar-refractivity contribution in [2.24, 2.45) is 0 Å². The summed E-state index contributed by atoms with van der Waals surface area (Å²) in [7, 11) is 0. The maximum absolute atomic E-state index is 5.65. The Morgan fingerprint density at radius 1 is 1.05 bits per heavy atom. The molecule has 0 amide bonds. The highest BCUT2D eigenvalue weighted by Gasteiger charge is 2.06. The van der Waals surface area contributed by atoms with Crippen LogP contribution in [0.2, 0.25) is 0 Å². The lowest BCUT2D eigenvalue weighted by Gasteiger charge is -2.02. The lowest BCUT2D eigenvalue weighted by Crippen LogP contribution is -1.99. The molecule has 0 aliphatic heterocycles. The third-order valence-electron chi connectivity index (χ3n) is 2.67. The zero-order valence-electron chi connectivity index (χ0n) is 11.6. The number of rotatable bonds is 5. The summed E-state index contributed by atoms with van der Waals surface area (Å²) >= 11 is 3.02. The minimum absolute atomic E-state index is 0.375. The number of aromatic nitrogens is 3. The quantitative estimate of drug-likeness (QED) is 0.488. The average Bonchev–Trinajstić information content (AvgIpc) is 2.93. The minimum atomic E-state index is 0.375. The molecule has 0 saturated heterocycles.